The van der Waals surface area contributed by atoms with Crippen molar-refractivity contribution in [3.63, 3.8) is 0 Å². The molecule has 0 spiro atoms. The second kappa shape index (κ2) is 11.6. The molecule has 3 aromatic rings. The van der Waals surface area contributed by atoms with Gasteiger partial charge < -0.3 is 5.32 Å². The Kier molecular flexibility index (Phi) is 9.18. The van der Waals surface area contributed by atoms with Gasteiger partial charge in [-0.05, 0) is 29.8 Å². The topological polar surface area (TPSA) is 54.9 Å². The number of nitrogens with one attached hydrogen (secondary N) is 1. The molecule has 0 saturated carbocycles. The monoisotopic (exact) mass is 619 g/mol. The first kappa shape index (κ1) is 29.9. The van der Waals surface area contributed by atoms with Crippen LogP contribution in [0.2, 0.25) is 20.1 Å². The summed E-state index contributed by atoms with van der Waals surface area (Å²) >= 11 is 22.9. The highest BCUT2D eigenvalue weighted by atomic mass is 35.5. The van der Waals surface area contributed by atoms with Gasteiger partial charge in [0, 0.05) is 11.1 Å². The lowest BCUT2D eigenvalue weighted by Gasteiger charge is -2.19. The highest BCUT2D eigenvalue weighted by Gasteiger charge is 2.41. The van der Waals surface area contributed by atoms with E-state index in [0.29, 0.717) is 6.07 Å². The van der Waals surface area contributed by atoms with Gasteiger partial charge in [0.25, 0.3) is 0 Å². The van der Waals surface area contributed by atoms with Gasteiger partial charge in [0.2, 0.25) is 5.95 Å². The number of hydrogen-bond acceptors (Lipinski definition) is 4. The standard InChI is InChI=1S/C23H12Cl4F7N3O/c24-12-7-35-21(36-8-12)37-9-19(38)13-2-1-10(3-15(13)23(32,33)34)18(28)6-14(22(29,30)31)11-4-16(25)20(27)17(26)5-11/h1-8,14H,9H2,(H,35,36,37)/b18-6-. The van der Waals surface area contributed by atoms with Crippen LogP contribution in [-0.2, 0) is 6.18 Å². The summed E-state index contributed by atoms with van der Waals surface area (Å²) in [7, 11) is 0. The zero-order valence-electron chi connectivity index (χ0n) is 18.4. The fraction of sp³-hybridized carbons (Fsp3) is 0.174. The minimum absolute atomic E-state index is 0.0757. The van der Waals surface area contributed by atoms with Crippen molar-refractivity contribution in [2.24, 2.45) is 0 Å². The molecule has 4 nitrogen and oxygen atoms in total. The van der Waals surface area contributed by atoms with Gasteiger partial charge in [0.15, 0.2) is 5.78 Å². The SMILES string of the molecule is O=C(CNc1ncc(Cl)cn1)c1ccc(/C(F)=C/C(c2cc(Cl)c(Cl)c(Cl)c2)C(F)(F)F)cc1C(F)(F)F. The molecule has 3 rings (SSSR count). The number of aromatic nitrogens is 2. The van der Waals surface area contributed by atoms with Crippen LogP contribution in [-0.4, -0.2) is 28.5 Å². The molecule has 1 N–H and O–H groups in total. The van der Waals surface area contributed by atoms with E-state index >= 15 is 0 Å². The average Bonchev–Trinajstić information content (AvgIpc) is 2.83. The molecular weight excluding hydrogens is 609 g/mol. The van der Waals surface area contributed by atoms with Crippen molar-refractivity contribution in [2.75, 3.05) is 11.9 Å². The maximum atomic E-state index is 15.0. The zero-order valence-corrected chi connectivity index (χ0v) is 21.4. The molecule has 1 unspecified atom stereocenters. The van der Waals surface area contributed by atoms with Crippen LogP contribution < -0.4 is 5.32 Å². The number of alkyl halides is 6. The minimum atomic E-state index is -5.14. The largest absolute Gasteiger partial charge is 0.417 e. The molecule has 0 amide bonds. The van der Waals surface area contributed by atoms with Crippen LogP contribution in [0.15, 0.2) is 48.8 Å². The normalized spacial score (nSPS) is 13.4. The fourth-order valence-corrected chi connectivity index (χ4v) is 3.92. The molecule has 0 saturated heterocycles. The number of ketones is 1. The van der Waals surface area contributed by atoms with E-state index in [1.54, 1.807) is 0 Å². The van der Waals surface area contributed by atoms with Gasteiger partial charge in [-0.1, -0.05) is 58.5 Å². The number of carbonyl (C=O) groups is 1. The maximum Gasteiger partial charge on any atom is 0.417 e. The third kappa shape index (κ3) is 7.28. The molecule has 0 aliphatic heterocycles. The number of hydrogen-bond donors (Lipinski definition) is 1. The summed E-state index contributed by atoms with van der Waals surface area (Å²) in [5, 5.41) is 1.70. The summed E-state index contributed by atoms with van der Waals surface area (Å²) in [5.41, 5.74) is -3.84. The average molecular weight is 621 g/mol. The number of allylic oxidation sites excluding steroid dienone is 1. The number of halogens is 11. The van der Waals surface area contributed by atoms with Crippen LogP contribution in [0.1, 0.15) is 33.0 Å². The Bertz CT molecular complexity index is 1350. The van der Waals surface area contributed by atoms with E-state index in [0.717, 1.165) is 18.2 Å². The number of rotatable bonds is 7. The van der Waals surface area contributed by atoms with E-state index in [-0.39, 0.29) is 38.2 Å². The van der Waals surface area contributed by atoms with Gasteiger partial charge in [0.1, 0.15) is 11.7 Å². The van der Waals surface area contributed by atoms with Crippen LogP contribution in [0.4, 0.5) is 36.7 Å². The van der Waals surface area contributed by atoms with Gasteiger partial charge in [0.05, 0.1) is 44.6 Å². The van der Waals surface area contributed by atoms with Gasteiger partial charge in [-0.25, -0.2) is 14.4 Å². The number of carbonyl (C=O) groups excluding carboxylic acids is 1. The molecule has 0 aliphatic carbocycles. The second-order valence-corrected chi connectivity index (χ2v) is 9.22. The van der Waals surface area contributed by atoms with Crippen molar-refractivity contribution >= 4 is 64.0 Å². The first-order valence-corrected chi connectivity index (χ1v) is 11.6. The van der Waals surface area contributed by atoms with E-state index < -0.39 is 58.7 Å². The van der Waals surface area contributed by atoms with Crippen molar-refractivity contribution in [1.82, 2.24) is 9.97 Å². The van der Waals surface area contributed by atoms with E-state index in [2.05, 4.69) is 15.3 Å². The van der Waals surface area contributed by atoms with E-state index in [9.17, 15) is 35.5 Å². The minimum Gasteiger partial charge on any atom is -0.347 e. The molecule has 38 heavy (non-hydrogen) atoms. The van der Waals surface area contributed by atoms with Crippen LogP contribution in [0.3, 0.4) is 0 Å². The molecule has 1 heterocycles. The molecular formula is C23H12Cl4F7N3O. The Morgan fingerprint density at radius 3 is 2.05 bits per heavy atom. The third-order valence-corrected chi connectivity index (χ3v) is 6.35. The van der Waals surface area contributed by atoms with Crippen molar-refractivity contribution in [2.45, 2.75) is 18.3 Å². The van der Waals surface area contributed by atoms with Crippen LogP contribution in [0.25, 0.3) is 5.83 Å². The van der Waals surface area contributed by atoms with E-state index in [1.807, 2.05) is 0 Å². The van der Waals surface area contributed by atoms with Crippen LogP contribution >= 0.6 is 46.4 Å². The molecule has 1 aromatic heterocycles. The van der Waals surface area contributed by atoms with Gasteiger partial charge in [-0.2, -0.15) is 26.3 Å². The smallest absolute Gasteiger partial charge is 0.347 e. The summed E-state index contributed by atoms with van der Waals surface area (Å²) in [6, 6.07) is 3.29. The summed E-state index contributed by atoms with van der Waals surface area (Å²) < 4.78 is 97.4. The van der Waals surface area contributed by atoms with Crippen molar-refractivity contribution in [3.8, 4) is 0 Å². The highest BCUT2D eigenvalue weighted by molar-refractivity contribution is 6.48. The van der Waals surface area contributed by atoms with Crippen molar-refractivity contribution < 1.29 is 35.5 Å². The Hall–Kier alpha value is -2.60. The first-order chi connectivity index (χ1) is 17.6. The summed E-state index contributed by atoms with van der Waals surface area (Å²) in [6.45, 7) is -0.670. The second-order valence-electron chi connectivity index (χ2n) is 7.59. The Morgan fingerprint density at radius 2 is 1.53 bits per heavy atom. The summed E-state index contributed by atoms with van der Waals surface area (Å²) in [5.74, 6) is -5.42. The van der Waals surface area contributed by atoms with Gasteiger partial charge in [-0.3, -0.25) is 4.79 Å². The van der Waals surface area contributed by atoms with Crippen molar-refractivity contribution in [1.29, 1.82) is 0 Å². The lowest BCUT2D eigenvalue weighted by molar-refractivity contribution is -0.140. The predicted octanol–water partition coefficient (Wildman–Crippen LogP) is 9.06. The lowest BCUT2D eigenvalue weighted by atomic mass is 9.95. The molecule has 202 valence electrons. The first-order valence-electron chi connectivity index (χ1n) is 10.1. The molecule has 15 heteroatoms. The highest BCUT2D eigenvalue weighted by Crippen LogP contribution is 2.42. The molecule has 1 atom stereocenters. The Balaban J connectivity index is 1.97. The maximum absolute atomic E-state index is 15.0. The Labute approximate surface area is 230 Å². The quantitative estimate of drug-likeness (QED) is 0.163. The molecule has 2 aromatic carbocycles. The van der Waals surface area contributed by atoms with E-state index in [1.165, 1.54) is 12.4 Å². The number of Topliss-reactive ketones (excluding diaryl/α,β-unsaturated/α-hetero) is 1. The fourth-order valence-electron chi connectivity index (χ4n) is 3.21. The number of nitrogens with zero attached hydrogens (tertiary/aromatic N) is 2. The number of anilines is 1. The Morgan fingerprint density at radius 1 is 0.947 bits per heavy atom. The molecule has 0 radical (unpaired) electrons. The van der Waals surface area contributed by atoms with Gasteiger partial charge >= 0.3 is 12.4 Å². The van der Waals surface area contributed by atoms with Crippen LogP contribution in [0, 0.1) is 0 Å². The third-order valence-electron chi connectivity index (χ3n) is 4.96. The molecule has 0 bridgehead atoms. The molecule has 0 aliphatic rings. The van der Waals surface area contributed by atoms with E-state index in [4.69, 9.17) is 46.4 Å². The molecule has 0 fully saturated rings. The van der Waals surface area contributed by atoms with Crippen LogP contribution in [0.5, 0.6) is 0 Å². The summed E-state index contributed by atoms with van der Waals surface area (Å²) in [6.07, 6.45) is -7.76. The lowest BCUT2D eigenvalue weighted by Crippen LogP contribution is -2.20. The van der Waals surface area contributed by atoms with Gasteiger partial charge in [-0.15, -0.1) is 0 Å². The predicted molar refractivity (Wildman–Crippen MR) is 131 cm³/mol. The summed E-state index contributed by atoms with van der Waals surface area (Å²) in [4.78, 5) is 20.0. The number of benzene rings is 2. The zero-order chi connectivity index (χ0) is 28.4. The van der Waals surface area contributed by atoms with Crippen molar-refractivity contribution in [3.05, 3.63) is 91.1 Å².